The lowest BCUT2D eigenvalue weighted by Gasteiger charge is -2.63. The van der Waals surface area contributed by atoms with Crippen molar-refractivity contribution < 1.29 is 43.5 Å². The zero-order valence-electron chi connectivity index (χ0n) is 35.5. The van der Waals surface area contributed by atoms with Crippen LogP contribution in [0.1, 0.15) is 128 Å². The molecule has 0 aromatic heterocycles. The molecule has 8 rings (SSSR count). The predicted molar refractivity (Wildman–Crippen MR) is 205 cm³/mol. The summed E-state index contributed by atoms with van der Waals surface area (Å²) in [4.78, 5) is 28.9. The van der Waals surface area contributed by atoms with Crippen LogP contribution in [0.5, 0.6) is 0 Å². The molecule has 2 spiro atoms. The van der Waals surface area contributed by atoms with Crippen LogP contribution in [-0.2, 0) is 28.5 Å². The van der Waals surface area contributed by atoms with Gasteiger partial charge in [-0.3, -0.25) is 9.69 Å². The van der Waals surface area contributed by atoms with Gasteiger partial charge in [-0.15, -0.1) is 0 Å². The van der Waals surface area contributed by atoms with Gasteiger partial charge in [0.15, 0.2) is 12.4 Å². The summed E-state index contributed by atoms with van der Waals surface area (Å²) in [6.07, 6.45) is 7.65. The second kappa shape index (κ2) is 13.0. The first kappa shape index (κ1) is 40.3. The first-order valence-electron chi connectivity index (χ1n) is 21.5. The highest BCUT2D eigenvalue weighted by Crippen LogP contribution is 2.89. The summed E-state index contributed by atoms with van der Waals surface area (Å²) in [6.45, 7) is 25.8. The summed E-state index contributed by atoms with van der Waals surface area (Å²) in [5.74, 6) is 0.732. The van der Waals surface area contributed by atoms with E-state index < -0.39 is 29.4 Å². The monoisotopic (exact) mass is 771 g/mol. The molecule has 8 fully saturated rings. The molecule has 5 aliphatic carbocycles. The van der Waals surface area contributed by atoms with Crippen LogP contribution in [-0.4, -0.2) is 107 Å². The third-order valence-electron chi connectivity index (χ3n) is 17.0. The number of fused-ring (bicyclic) bond motifs is 4. The number of aliphatic hydroxyl groups is 2. The van der Waals surface area contributed by atoms with Gasteiger partial charge in [0, 0.05) is 43.9 Å². The number of likely N-dealkylation sites (tertiary alicyclic amines) is 1. The van der Waals surface area contributed by atoms with Crippen molar-refractivity contribution in [2.75, 3.05) is 32.8 Å². The van der Waals surface area contributed by atoms with Crippen LogP contribution in [0.4, 0.5) is 4.79 Å². The maximum absolute atomic E-state index is 12.6. The Hall–Kier alpha value is -1.50. The highest BCUT2D eigenvalue weighted by Gasteiger charge is 2.85. The molecule has 11 nitrogen and oxygen atoms in total. The molecule has 310 valence electrons. The molecule has 0 aromatic carbocycles. The second-order valence-corrected chi connectivity index (χ2v) is 21.9. The third kappa shape index (κ3) is 5.99. The van der Waals surface area contributed by atoms with E-state index in [1.54, 1.807) is 18.7 Å². The third-order valence-corrected chi connectivity index (χ3v) is 17.0. The van der Waals surface area contributed by atoms with Crippen LogP contribution >= 0.6 is 0 Å². The zero-order chi connectivity index (χ0) is 39.9. The second-order valence-electron chi connectivity index (χ2n) is 21.9. The standard InChI is InChI=1S/C44H70N2O9/c1-25-20-28(36(40(8,9)50)52-26(2)47)53-34-33(25)41(10)16-17-44-24-43(44)15-14-31(39(6,7)29(43)12-13-30(44)42(41,11)35(34)48)54-32-23-45(18-19-51-32)27-21-46(22-27)37(49)55-38(3,4)5/h25,27,29-33,35-36,48,50H,12-24H2,1-11H3/t25-,29+,30+,31?,32?,33?,35+,36+,41-,42-,43-,44?/m1/s1. The number of carbonyl (C=O) groups is 2. The quantitative estimate of drug-likeness (QED) is 0.290. The minimum absolute atomic E-state index is 0.0225. The number of hydrogen-bond acceptors (Lipinski definition) is 10. The number of amides is 1. The van der Waals surface area contributed by atoms with Gasteiger partial charge in [0.2, 0.25) is 0 Å². The van der Waals surface area contributed by atoms with Gasteiger partial charge in [0.1, 0.15) is 17.8 Å². The molecule has 1 amide bonds. The zero-order valence-corrected chi connectivity index (χ0v) is 35.5. The summed E-state index contributed by atoms with van der Waals surface area (Å²) >= 11 is 0. The largest absolute Gasteiger partial charge is 0.456 e. The summed E-state index contributed by atoms with van der Waals surface area (Å²) < 4.78 is 31.2. The highest BCUT2D eigenvalue weighted by atomic mass is 16.7. The van der Waals surface area contributed by atoms with Crippen molar-refractivity contribution in [2.24, 2.45) is 50.7 Å². The van der Waals surface area contributed by atoms with Gasteiger partial charge in [-0.25, -0.2) is 4.79 Å². The van der Waals surface area contributed by atoms with Gasteiger partial charge >= 0.3 is 12.1 Å². The van der Waals surface area contributed by atoms with Crippen molar-refractivity contribution in [1.29, 1.82) is 0 Å². The number of rotatable bonds is 6. The predicted octanol–water partition coefficient (Wildman–Crippen LogP) is 6.49. The Morgan fingerprint density at radius 3 is 2.27 bits per heavy atom. The molecule has 0 bridgehead atoms. The number of esters is 1. The Kier molecular flexibility index (Phi) is 9.52. The Labute approximate surface area is 329 Å². The van der Waals surface area contributed by atoms with Crippen LogP contribution in [0, 0.1) is 63.0 Å². The Bertz CT molecular complexity index is 1520. The van der Waals surface area contributed by atoms with E-state index in [2.05, 4.69) is 39.5 Å². The van der Waals surface area contributed by atoms with Gasteiger partial charge < -0.3 is 38.8 Å². The minimum atomic E-state index is -1.32. The van der Waals surface area contributed by atoms with Gasteiger partial charge in [0.25, 0.3) is 0 Å². The maximum Gasteiger partial charge on any atom is 0.410 e. The summed E-state index contributed by atoms with van der Waals surface area (Å²) in [7, 11) is 0. The number of hydrogen-bond donors (Lipinski definition) is 2. The highest BCUT2D eigenvalue weighted by molar-refractivity contribution is 5.69. The van der Waals surface area contributed by atoms with E-state index in [1.807, 2.05) is 20.8 Å². The molecule has 55 heavy (non-hydrogen) atoms. The van der Waals surface area contributed by atoms with E-state index in [1.165, 1.54) is 19.8 Å². The van der Waals surface area contributed by atoms with Crippen molar-refractivity contribution in [3.63, 3.8) is 0 Å². The summed E-state index contributed by atoms with van der Waals surface area (Å²) in [5.41, 5.74) is -1.87. The molecule has 11 heteroatoms. The first-order chi connectivity index (χ1) is 25.5. The van der Waals surface area contributed by atoms with E-state index >= 15 is 0 Å². The van der Waals surface area contributed by atoms with E-state index in [0.29, 0.717) is 56.6 Å². The lowest BCUT2D eigenvalue weighted by Crippen LogP contribution is -2.64. The fourth-order valence-corrected chi connectivity index (χ4v) is 14.5. The molecule has 8 aliphatic rings. The molecule has 3 heterocycles. The molecule has 2 radical (unpaired) electrons. The Balaban J connectivity index is 0.953. The maximum atomic E-state index is 12.6. The van der Waals surface area contributed by atoms with Crippen molar-refractivity contribution in [3.8, 4) is 0 Å². The van der Waals surface area contributed by atoms with Crippen molar-refractivity contribution in [1.82, 2.24) is 9.80 Å². The molecule has 2 N–H and O–H groups in total. The average molecular weight is 771 g/mol. The SMILES string of the molecule is CC(=O)O[C@@H]([C]1C[C@@H](C)C2[C](O1)[C@H](O)[C@@]1(C)[C@@H]3CC[C@H]4C(C)(C)C(OC5CN(C6CN(C(=O)OC(C)(C)C)C6)CCO5)CC[C@@]45CC35CC[C@]21C)C(C)(C)O. The van der Waals surface area contributed by atoms with Crippen molar-refractivity contribution in [3.05, 3.63) is 12.2 Å². The molecule has 3 saturated heterocycles. The molecular weight excluding hydrogens is 700 g/mol. The lowest BCUT2D eigenvalue weighted by atomic mass is 9.41. The minimum Gasteiger partial charge on any atom is -0.456 e. The van der Waals surface area contributed by atoms with Crippen molar-refractivity contribution in [2.45, 2.75) is 169 Å². The Morgan fingerprint density at radius 2 is 1.62 bits per heavy atom. The molecular formula is C44H70N2O9. The van der Waals surface area contributed by atoms with Crippen LogP contribution in [0.15, 0.2) is 0 Å². The number of nitrogens with zero attached hydrogens (tertiary/aromatic N) is 2. The van der Waals surface area contributed by atoms with Crippen LogP contribution in [0.3, 0.4) is 0 Å². The Morgan fingerprint density at radius 1 is 0.945 bits per heavy atom. The van der Waals surface area contributed by atoms with Gasteiger partial charge in [0.05, 0.1) is 31.0 Å². The molecule has 4 unspecified atom stereocenters. The molecule has 5 saturated carbocycles. The molecule has 3 aliphatic heterocycles. The lowest BCUT2D eigenvalue weighted by molar-refractivity contribution is -0.253. The van der Waals surface area contributed by atoms with Crippen LogP contribution in [0.2, 0.25) is 0 Å². The van der Waals surface area contributed by atoms with E-state index in [4.69, 9.17) is 23.7 Å². The smallest absolute Gasteiger partial charge is 0.410 e. The number of aliphatic hydroxyl groups excluding tert-OH is 1. The fourth-order valence-electron chi connectivity index (χ4n) is 14.5. The number of carbonyl (C=O) groups excluding carboxylic acids is 2. The van der Waals surface area contributed by atoms with E-state index in [0.717, 1.165) is 44.8 Å². The first-order valence-corrected chi connectivity index (χ1v) is 21.5. The number of morpholine rings is 1. The molecule has 0 aromatic rings. The topological polar surface area (TPSA) is 127 Å². The normalized spacial score (nSPS) is 45.3. The number of ether oxygens (including phenoxy) is 5. The van der Waals surface area contributed by atoms with Gasteiger partial charge in [-0.05, 0) is 125 Å². The van der Waals surface area contributed by atoms with E-state index in [9.17, 15) is 19.8 Å². The van der Waals surface area contributed by atoms with E-state index in [-0.39, 0.29) is 57.4 Å². The summed E-state index contributed by atoms with van der Waals surface area (Å²) in [5, 5.41) is 23.6. The molecule has 12 atom stereocenters. The van der Waals surface area contributed by atoms with Crippen LogP contribution < -0.4 is 0 Å². The fraction of sp³-hybridized carbons (Fsp3) is 0.909. The van der Waals surface area contributed by atoms with Gasteiger partial charge in [-0.2, -0.15) is 0 Å². The summed E-state index contributed by atoms with van der Waals surface area (Å²) in [6, 6.07) is 0.299. The van der Waals surface area contributed by atoms with Crippen LogP contribution in [0.25, 0.3) is 0 Å². The van der Waals surface area contributed by atoms with Crippen molar-refractivity contribution >= 4 is 12.1 Å². The average Bonchev–Trinajstić information content (AvgIpc) is 3.68. The van der Waals surface area contributed by atoms with Gasteiger partial charge in [-0.1, -0.05) is 34.6 Å².